The van der Waals surface area contributed by atoms with Crippen molar-refractivity contribution in [2.75, 3.05) is 31.6 Å². The van der Waals surface area contributed by atoms with Gasteiger partial charge in [-0.15, -0.1) is 0 Å². The Morgan fingerprint density at radius 1 is 1.19 bits per heavy atom. The fourth-order valence-corrected chi connectivity index (χ4v) is 4.92. The number of thioether (sulfide) groups is 1. The second-order valence-electron chi connectivity index (χ2n) is 9.45. The van der Waals surface area contributed by atoms with Gasteiger partial charge in [-0.2, -0.15) is 11.8 Å². The van der Waals surface area contributed by atoms with Crippen LogP contribution in [0.3, 0.4) is 0 Å². The fraction of sp³-hybridized carbons (Fsp3) is 0.609. The third-order valence-corrected chi connectivity index (χ3v) is 6.95. The molecule has 1 aromatic rings. The molecule has 1 aromatic carbocycles. The number of aliphatic carboxylic acids is 1. The van der Waals surface area contributed by atoms with Gasteiger partial charge in [-0.05, 0) is 41.5 Å². The standard InChI is InChI=1S/C23H33N3O4S/c1-22(2,3)17-7-5-16(6-8-17)20(29)25-12-10-23(11-13-25)24-18(9-14-31-4)21(30)26(23)15-19(27)28/h5-8,18,24H,9-15H2,1-4H3,(H,27,28). The number of carbonyl (C=O) groups excluding carboxylic acids is 2. The van der Waals surface area contributed by atoms with Crippen LogP contribution < -0.4 is 5.32 Å². The van der Waals surface area contributed by atoms with Crippen molar-refractivity contribution in [3.63, 3.8) is 0 Å². The Labute approximate surface area is 188 Å². The zero-order chi connectivity index (χ0) is 22.8. The number of benzene rings is 1. The maximum Gasteiger partial charge on any atom is 0.323 e. The summed E-state index contributed by atoms with van der Waals surface area (Å²) in [5.74, 6) is -0.356. The lowest BCUT2D eigenvalue weighted by Gasteiger charge is -2.44. The van der Waals surface area contributed by atoms with Gasteiger partial charge in [0, 0.05) is 31.5 Å². The lowest BCUT2D eigenvalue weighted by Crippen LogP contribution is -2.60. The van der Waals surface area contributed by atoms with E-state index in [1.165, 1.54) is 10.5 Å². The second-order valence-corrected chi connectivity index (χ2v) is 10.4. The van der Waals surface area contributed by atoms with Crippen molar-refractivity contribution in [1.29, 1.82) is 0 Å². The van der Waals surface area contributed by atoms with Gasteiger partial charge >= 0.3 is 5.97 Å². The zero-order valence-corrected chi connectivity index (χ0v) is 19.6. The lowest BCUT2D eigenvalue weighted by atomic mass is 9.86. The van der Waals surface area contributed by atoms with Crippen LogP contribution in [0.5, 0.6) is 0 Å². The first-order valence-electron chi connectivity index (χ1n) is 10.8. The van der Waals surface area contributed by atoms with Crippen molar-refractivity contribution in [2.45, 2.75) is 57.2 Å². The van der Waals surface area contributed by atoms with Crippen LogP contribution >= 0.6 is 11.8 Å². The monoisotopic (exact) mass is 447 g/mol. The fourth-order valence-electron chi connectivity index (χ4n) is 4.45. The Kier molecular flexibility index (Phi) is 7.01. The number of carbonyl (C=O) groups is 3. The van der Waals surface area contributed by atoms with Crippen LogP contribution in [0.4, 0.5) is 0 Å². The van der Waals surface area contributed by atoms with E-state index in [-0.39, 0.29) is 29.8 Å². The molecule has 170 valence electrons. The van der Waals surface area contributed by atoms with E-state index >= 15 is 0 Å². The van der Waals surface area contributed by atoms with Gasteiger partial charge in [-0.3, -0.25) is 19.7 Å². The van der Waals surface area contributed by atoms with Crippen molar-refractivity contribution in [1.82, 2.24) is 15.1 Å². The molecule has 3 rings (SSSR count). The van der Waals surface area contributed by atoms with Gasteiger partial charge in [-0.25, -0.2) is 0 Å². The van der Waals surface area contributed by atoms with Gasteiger partial charge in [0.1, 0.15) is 6.54 Å². The van der Waals surface area contributed by atoms with E-state index in [2.05, 4.69) is 26.1 Å². The summed E-state index contributed by atoms with van der Waals surface area (Å²) in [6, 6.07) is 7.39. The highest BCUT2D eigenvalue weighted by Crippen LogP contribution is 2.34. The Hall–Kier alpha value is -2.06. The summed E-state index contributed by atoms with van der Waals surface area (Å²) >= 11 is 1.67. The summed E-state index contributed by atoms with van der Waals surface area (Å²) in [5.41, 5.74) is 1.17. The molecule has 0 saturated carbocycles. The summed E-state index contributed by atoms with van der Waals surface area (Å²) in [7, 11) is 0. The second kappa shape index (κ2) is 9.20. The molecule has 0 aliphatic carbocycles. The third-order valence-electron chi connectivity index (χ3n) is 6.30. The highest BCUT2D eigenvalue weighted by atomic mass is 32.2. The highest BCUT2D eigenvalue weighted by Gasteiger charge is 2.52. The first-order valence-corrected chi connectivity index (χ1v) is 12.2. The van der Waals surface area contributed by atoms with Gasteiger partial charge in [0.05, 0.1) is 11.7 Å². The van der Waals surface area contributed by atoms with Crippen LogP contribution in [0.1, 0.15) is 56.0 Å². The van der Waals surface area contributed by atoms with Crippen molar-refractivity contribution in [3.05, 3.63) is 35.4 Å². The summed E-state index contributed by atoms with van der Waals surface area (Å²) in [6.07, 6.45) is 3.70. The molecule has 8 heteroatoms. The van der Waals surface area contributed by atoms with Gasteiger partial charge in [0.2, 0.25) is 5.91 Å². The number of nitrogens with one attached hydrogen (secondary N) is 1. The minimum absolute atomic E-state index is 0.0247. The first kappa shape index (κ1) is 23.6. The smallest absolute Gasteiger partial charge is 0.323 e. The third kappa shape index (κ3) is 5.06. The average Bonchev–Trinajstić information content (AvgIpc) is 2.97. The molecule has 2 fully saturated rings. The molecular formula is C23H33N3O4S. The Bertz CT molecular complexity index is 826. The summed E-state index contributed by atoms with van der Waals surface area (Å²) in [4.78, 5) is 40.6. The SMILES string of the molecule is CSCCC1NC2(CCN(C(=O)c3ccc(C(C)(C)C)cc3)CC2)N(CC(=O)O)C1=O. The van der Waals surface area contributed by atoms with Gasteiger partial charge in [0.25, 0.3) is 5.91 Å². The maximum absolute atomic E-state index is 13.0. The molecule has 0 radical (unpaired) electrons. The van der Waals surface area contributed by atoms with Gasteiger partial charge in [0.15, 0.2) is 0 Å². The molecule has 7 nitrogen and oxygen atoms in total. The van der Waals surface area contributed by atoms with E-state index in [0.29, 0.717) is 37.9 Å². The number of hydrogen-bond donors (Lipinski definition) is 2. The quantitative estimate of drug-likeness (QED) is 0.697. The van der Waals surface area contributed by atoms with Gasteiger partial charge in [-0.1, -0.05) is 32.9 Å². The molecule has 1 spiro atoms. The Morgan fingerprint density at radius 3 is 2.32 bits per heavy atom. The molecule has 1 atom stereocenters. The molecule has 2 N–H and O–H groups in total. The molecule has 2 aliphatic heterocycles. The summed E-state index contributed by atoms with van der Waals surface area (Å²) in [5, 5.41) is 12.8. The van der Waals surface area contributed by atoms with Crippen molar-refractivity contribution < 1.29 is 19.5 Å². The number of hydrogen-bond acceptors (Lipinski definition) is 5. The van der Waals surface area contributed by atoms with E-state index < -0.39 is 11.6 Å². The predicted molar refractivity (Wildman–Crippen MR) is 122 cm³/mol. The number of nitrogens with zero attached hydrogens (tertiary/aromatic N) is 2. The number of rotatable bonds is 6. The minimum Gasteiger partial charge on any atom is -0.480 e. The Balaban J connectivity index is 1.70. The van der Waals surface area contributed by atoms with Crippen LogP contribution in [0.15, 0.2) is 24.3 Å². The van der Waals surface area contributed by atoms with E-state index in [1.54, 1.807) is 16.7 Å². The number of piperidine rings is 1. The number of amides is 2. The Morgan fingerprint density at radius 2 is 1.81 bits per heavy atom. The van der Waals surface area contributed by atoms with E-state index in [1.807, 2.05) is 30.5 Å². The van der Waals surface area contributed by atoms with E-state index in [4.69, 9.17) is 0 Å². The molecule has 0 aromatic heterocycles. The van der Waals surface area contributed by atoms with Crippen molar-refractivity contribution >= 4 is 29.5 Å². The molecule has 1 unspecified atom stereocenters. The summed E-state index contributed by atoms with van der Waals surface area (Å²) in [6.45, 7) is 7.05. The van der Waals surface area contributed by atoms with Crippen LogP contribution in [0.25, 0.3) is 0 Å². The largest absolute Gasteiger partial charge is 0.480 e. The van der Waals surface area contributed by atoms with Crippen molar-refractivity contribution in [2.24, 2.45) is 0 Å². The molecule has 2 amide bonds. The van der Waals surface area contributed by atoms with Crippen LogP contribution in [-0.2, 0) is 15.0 Å². The average molecular weight is 448 g/mol. The normalized spacial score (nSPS) is 21.0. The van der Waals surface area contributed by atoms with E-state index in [9.17, 15) is 19.5 Å². The molecule has 2 heterocycles. The lowest BCUT2D eigenvalue weighted by molar-refractivity contribution is -0.147. The number of likely N-dealkylation sites (tertiary alicyclic amines) is 1. The van der Waals surface area contributed by atoms with E-state index in [0.717, 1.165) is 5.75 Å². The predicted octanol–water partition coefficient (Wildman–Crippen LogP) is 2.55. The molecule has 2 aliphatic rings. The number of carboxylic acids is 1. The first-order chi connectivity index (χ1) is 14.6. The maximum atomic E-state index is 13.0. The topological polar surface area (TPSA) is 90.0 Å². The van der Waals surface area contributed by atoms with Crippen LogP contribution in [0.2, 0.25) is 0 Å². The van der Waals surface area contributed by atoms with Crippen LogP contribution in [-0.4, -0.2) is 76.0 Å². The minimum atomic E-state index is -1.02. The highest BCUT2D eigenvalue weighted by molar-refractivity contribution is 7.98. The molecule has 0 bridgehead atoms. The summed E-state index contributed by atoms with van der Waals surface area (Å²) < 4.78 is 0. The molecule has 2 saturated heterocycles. The molecule has 31 heavy (non-hydrogen) atoms. The zero-order valence-electron chi connectivity index (χ0n) is 18.8. The van der Waals surface area contributed by atoms with Gasteiger partial charge < -0.3 is 14.9 Å². The number of carboxylic acid groups (broad SMARTS) is 1. The van der Waals surface area contributed by atoms with Crippen LogP contribution in [0, 0.1) is 0 Å². The molecular weight excluding hydrogens is 414 g/mol. The van der Waals surface area contributed by atoms with Crippen molar-refractivity contribution in [3.8, 4) is 0 Å².